The highest BCUT2D eigenvalue weighted by Crippen LogP contribution is 2.22. The van der Waals surface area contributed by atoms with E-state index in [9.17, 15) is 4.39 Å². The fourth-order valence-electron chi connectivity index (χ4n) is 2.04. The van der Waals surface area contributed by atoms with Gasteiger partial charge in [0.1, 0.15) is 5.82 Å². The summed E-state index contributed by atoms with van der Waals surface area (Å²) in [4.78, 5) is 4.46. The van der Waals surface area contributed by atoms with Crippen molar-refractivity contribution in [2.24, 2.45) is 5.92 Å². The highest BCUT2D eigenvalue weighted by Gasteiger charge is 2.10. The van der Waals surface area contributed by atoms with Gasteiger partial charge in [-0.25, -0.2) is 9.37 Å². The van der Waals surface area contributed by atoms with Gasteiger partial charge >= 0.3 is 0 Å². The summed E-state index contributed by atoms with van der Waals surface area (Å²) in [6.07, 6.45) is 2.01. The molecule has 0 aliphatic rings. The topological polar surface area (TPSA) is 29.9 Å². The van der Waals surface area contributed by atoms with Crippen LogP contribution in [0.2, 0.25) is 0 Å². The quantitative estimate of drug-likeness (QED) is 0.900. The van der Waals surface area contributed by atoms with Gasteiger partial charge in [0, 0.05) is 24.0 Å². The molecule has 102 valence electrons. The van der Waals surface area contributed by atoms with Crippen molar-refractivity contribution in [2.45, 2.75) is 34.2 Å². The average molecular weight is 261 g/mol. The molecule has 4 heteroatoms. The first-order valence-electron chi connectivity index (χ1n) is 6.53. The molecule has 0 bridgehead atoms. The molecule has 0 radical (unpaired) electrons. The molecular weight excluding hydrogens is 241 g/mol. The number of anilines is 2. The number of aryl methyl sites for hydroxylation is 1. The predicted molar refractivity (Wildman–Crippen MR) is 76.2 cm³/mol. The lowest BCUT2D eigenvalue weighted by Gasteiger charge is -2.13. The Labute approximate surface area is 113 Å². The van der Waals surface area contributed by atoms with Gasteiger partial charge in [0.15, 0.2) is 0 Å². The zero-order valence-electron chi connectivity index (χ0n) is 11.9. The Balaban J connectivity index is 2.30. The molecular formula is C15H20FN3. The monoisotopic (exact) mass is 261 g/mol. The Morgan fingerprint density at radius 1 is 1.32 bits per heavy atom. The first kappa shape index (κ1) is 13.6. The number of hydrogen-bond donors (Lipinski definition) is 1. The smallest absolute Gasteiger partial charge is 0.207 e. The summed E-state index contributed by atoms with van der Waals surface area (Å²) in [6.45, 7) is 8.93. The van der Waals surface area contributed by atoms with Gasteiger partial charge in [0.05, 0.1) is 5.69 Å². The van der Waals surface area contributed by atoms with Gasteiger partial charge in [0.2, 0.25) is 5.95 Å². The van der Waals surface area contributed by atoms with Gasteiger partial charge in [-0.3, -0.25) is 0 Å². The predicted octanol–water partition coefficient (Wildman–Crippen LogP) is 4.04. The van der Waals surface area contributed by atoms with Crippen LogP contribution in [-0.2, 0) is 6.54 Å². The lowest BCUT2D eigenvalue weighted by Crippen LogP contribution is -2.08. The van der Waals surface area contributed by atoms with E-state index in [0.29, 0.717) is 11.5 Å². The minimum absolute atomic E-state index is 0.205. The van der Waals surface area contributed by atoms with E-state index in [4.69, 9.17) is 0 Å². The summed E-state index contributed by atoms with van der Waals surface area (Å²) < 4.78 is 15.6. The molecule has 0 saturated carbocycles. The Morgan fingerprint density at radius 2 is 2.05 bits per heavy atom. The summed E-state index contributed by atoms with van der Waals surface area (Å²) >= 11 is 0. The molecule has 1 aromatic heterocycles. The van der Waals surface area contributed by atoms with E-state index in [1.165, 1.54) is 6.07 Å². The van der Waals surface area contributed by atoms with Crippen molar-refractivity contribution in [1.82, 2.24) is 9.55 Å². The first-order valence-corrected chi connectivity index (χ1v) is 6.53. The molecule has 19 heavy (non-hydrogen) atoms. The number of imidazole rings is 1. The van der Waals surface area contributed by atoms with E-state index in [1.807, 2.05) is 19.2 Å². The molecule has 0 aliphatic carbocycles. The molecule has 0 atom stereocenters. The molecule has 2 rings (SSSR count). The van der Waals surface area contributed by atoms with E-state index < -0.39 is 0 Å². The number of halogens is 1. The summed E-state index contributed by atoms with van der Waals surface area (Å²) in [6, 6.07) is 5.03. The zero-order valence-corrected chi connectivity index (χ0v) is 11.9. The van der Waals surface area contributed by atoms with Crippen LogP contribution >= 0.6 is 0 Å². The summed E-state index contributed by atoms with van der Waals surface area (Å²) in [5.41, 5.74) is 2.33. The molecule has 1 N–H and O–H groups in total. The van der Waals surface area contributed by atoms with Crippen LogP contribution in [-0.4, -0.2) is 9.55 Å². The van der Waals surface area contributed by atoms with E-state index in [0.717, 1.165) is 23.9 Å². The zero-order chi connectivity index (χ0) is 14.0. The summed E-state index contributed by atoms with van der Waals surface area (Å²) in [5, 5.41) is 3.22. The van der Waals surface area contributed by atoms with Crippen LogP contribution in [0.3, 0.4) is 0 Å². The summed E-state index contributed by atoms with van der Waals surface area (Å²) in [5.74, 6) is 1.09. The van der Waals surface area contributed by atoms with Crippen molar-refractivity contribution in [2.75, 3.05) is 5.32 Å². The highest BCUT2D eigenvalue weighted by atomic mass is 19.1. The molecule has 2 aromatic rings. The molecule has 1 aromatic carbocycles. The fourth-order valence-corrected chi connectivity index (χ4v) is 2.04. The first-order chi connectivity index (χ1) is 8.97. The van der Waals surface area contributed by atoms with Crippen LogP contribution in [0.1, 0.15) is 25.1 Å². The van der Waals surface area contributed by atoms with Crippen LogP contribution in [0, 0.1) is 25.6 Å². The van der Waals surface area contributed by atoms with Gasteiger partial charge in [-0.15, -0.1) is 0 Å². The number of nitrogens with one attached hydrogen (secondary N) is 1. The molecule has 0 aliphatic heterocycles. The van der Waals surface area contributed by atoms with Crippen LogP contribution in [0.4, 0.5) is 16.0 Å². The van der Waals surface area contributed by atoms with Crippen molar-refractivity contribution in [3.05, 3.63) is 41.5 Å². The van der Waals surface area contributed by atoms with E-state index in [-0.39, 0.29) is 5.82 Å². The van der Waals surface area contributed by atoms with Gasteiger partial charge in [-0.2, -0.15) is 0 Å². The molecule has 0 unspecified atom stereocenters. The molecule has 0 fully saturated rings. The molecule has 0 amide bonds. The Kier molecular flexibility index (Phi) is 3.88. The fraction of sp³-hybridized carbons (Fsp3) is 0.400. The largest absolute Gasteiger partial charge is 0.325 e. The highest BCUT2D eigenvalue weighted by molar-refractivity contribution is 5.58. The molecule has 3 nitrogen and oxygen atoms in total. The van der Waals surface area contributed by atoms with Crippen LogP contribution in [0.25, 0.3) is 0 Å². The third kappa shape index (κ3) is 3.13. The standard InChI is InChI=1S/C15H20FN3/c1-10(2)8-19-9-11(3)17-15(19)18-14-7-5-6-13(16)12(14)4/h5-7,9-10H,8H2,1-4H3,(H,17,18). The lowest BCUT2D eigenvalue weighted by atomic mass is 10.2. The average Bonchev–Trinajstić information content (AvgIpc) is 2.64. The SMILES string of the molecule is Cc1cn(CC(C)C)c(Nc2cccc(F)c2C)n1. The van der Waals surface area contributed by atoms with Crippen molar-refractivity contribution in [1.29, 1.82) is 0 Å². The van der Waals surface area contributed by atoms with Gasteiger partial charge in [0.25, 0.3) is 0 Å². The maximum Gasteiger partial charge on any atom is 0.207 e. The second-order valence-corrected chi connectivity index (χ2v) is 5.29. The second-order valence-electron chi connectivity index (χ2n) is 5.29. The van der Waals surface area contributed by atoms with E-state index in [2.05, 4.69) is 28.7 Å². The Bertz CT molecular complexity index is 573. The van der Waals surface area contributed by atoms with Crippen LogP contribution in [0.5, 0.6) is 0 Å². The maximum absolute atomic E-state index is 13.5. The van der Waals surface area contributed by atoms with Crippen LogP contribution < -0.4 is 5.32 Å². The number of aromatic nitrogens is 2. The number of benzene rings is 1. The van der Waals surface area contributed by atoms with Crippen molar-refractivity contribution < 1.29 is 4.39 Å². The number of rotatable bonds is 4. The normalized spacial score (nSPS) is 11.1. The van der Waals surface area contributed by atoms with Gasteiger partial charge in [-0.05, 0) is 31.9 Å². The maximum atomic E-state index is 13.5. The van der Waals surface area contributed by atoms with Crippen molar-refractivity contribution >= 4 is 11.6 Å². The molecule has 0 spiro atoms. The van der Waals surface area contributed by atoms with E-state index in [1.54, 1.807) is 13.0 Å². The number of nitrogens with zero attached hydrogens (tertiary/aromatic N) is 2. The lowest BCUT2D eigenvalue weighted by molar-refractivity contribution is 0.527. The van der Waals surface area contributed by atoms with Crippen molar-refractivity contribution in [3.63, 3.8) is 0 Å². The molecule has 0 saturated heterocycles. The van der Waals surface area contributed by atoms with Gasteiger partial charge in [-0.1, -0.05) is 19.9 Å². The van der Waals surface area contributed by atoms with Gasteiger partial charge < -0.3 is 9.88 Å². The van der Waals surface area contributed by atoms with Crippen molar-refractivity contribution in [3.8, 4) is 0 Å². The number of hydrogen-bond acceptors (Lipinski definition) is 2. The third-order valence-electron chi connectivity index (χ3n) is 2.97. The Hall–Kier alpha value is -1.84. The Morgan fingerprint density at radius 3 is 2.74 bits per heavy atom. The minimum Gasteiger partial charge on any atom is -0.325 e. The minimum atomic E-state index is -0.205. The second kappa shape index (κ2) is 5.43. The van der Waals surface area contributed by atoms with E-state index >= 15 is 0 Å². The summed E-state index contributed by atoms with van der Waals surface area (Å²) in [7, 11) is 0. The molecule has 1 heterocycles. The third-order valence-corrected chi connectivity index (χ3v) is 2.97. The van der Waals surface area contributed by atoms with Crippen LogP contribution in [0.15, 0.2) is 24.4 Å².